The molecule has 2 bridgehead atoms. The van der Waals surface area contributed by atoms with Crippen LogP contribution in [0.5, 0.6) is 0 Å². The van der Waals surface area contributed by atoms with Crippen molar-refractivity contribution in [1.29, 1.82) is 0 Å². The molecule has 3 fully saturated rings. The molecule has 3 aliphatic heterocycles. The van der Waals surface area contributed by atoms with Crippen LogP contribution in [0.25, 0.3) is 0 Å². The summed E-state index contributed by atoms with van der Waals surface area (Å²) in [6.45, 7) is 9.68. The number of nitrogens with zero attached hydrogens (tertiary/aromatic N) is 1. The fourth-order valence-corrected chi connectivity index (χ4v) is 6.23. The van der Waals surface area contributed by atoms with Gasteiger partial charge in [-0.25, -0.2) is 0 Å². The van der Waals surface area contributed by atoms with Crippen LogP contribution in [-0.4, -0.2) is 63.7 Å². The van der Waals surface area contributed by atoms with Crippen LogP contribution in [0.4, 0.5) is 0 Å². The number of carbonyl (C=O) groups excluding carboxylic acids is 3. The minimum absolute atomic E-state index is 0.207. The van der Waals surface area contributed by atoms with Gasteiger partial charge in [-0.3, -0.25) is 14.4 Å². The van der Waals surface area contributed by atoms with Gasteiger partial charge < -0.3 is 25.4 Å². The van der Waals surface area contributed by atoms with Gasteiger partial charge in [-0.15, -0.1) is 0 Å². The first-order chi connectivity index (χ1) is 16.0. The van der Waals surface area contributed by atoms with Gasteiger partial charge in [-0.2, -0.15) is 0 Å². The van der Waals surface area contributed by atoms with Gasteiger partial charge in [0.15, 0.2) is 0 Å². The molecule has 1 aromatic carbocycles. The molecule has 3 amide bonds. The molecule has 8 nitrogen and oxygen atoms in total. The first kappa shape index (κ1) is 24.7. The second-order valence-corrected chi connectivity index (χ2v) is 11.1. The largest absolute Gasteiger partial charge is 0.394 e. The number of nitrogens with one attached hydrogen (secondary N) is 2. The van der Waals surface area contributed by atoms with Crippen molar-refractivity contribution in [1.82, 2.24) is 15.5 Å². The molecule has 8 heteroatoms. The number of carbonyl (C=O) groups is 3. The van der Waals surface area contributed by atoms with E-state index >= 15 is 0 Å². The van der Waals surface area contributed by atoms with E-state index < -0.39 is 40.7 Å². The number of aliphatic hydroxyl groups is 1. The molecule has 1 spiro atoms. The molecule has 34 heavy (non-hydrogen) atoms. The topological polar surface area (TPSA) is 108 Å². The number of benzene rings is 1. The van der Waals surface area contributed by atoms with Gasteiger partial charge in [0.25, 0.3) is 0 Å². The zero-order chi connectivity index (χ0) is 24.9. The maximum Gasteiger partial charge on any atom is 0.246 e. The second-order valence-electron chi connectivity index (χ2n) is 11.1. The number of hydrogen-bond donors (Lipinski definition) is 3. The third kappa shape index (κ3) is 3.81. The third-order valence-electron chi connectivity index (χ3n) is 7.49. The van der Waals surface area contributed by atoms with Gasteiger partial charge in [0.05, 0.1) is 30.1 Å². The summed E-state index contributed by atoms with van der Waals surface area (Å²) in [7, 11) is 0. The van der Waals surface area contributed by atoms with E-state index in [1.165, 1.54) is 4.90 Å². The summed E-state index contributed by atoms with van der Waals surface area (Å²) in [4.78, 5) is 42.7. The lowest BCUT2D eigenvalue weighted by molar-refractivity contribution is -0.150. The molecule has 0 aromatic heterocycles. The SMILES string of the molecule is CCCNC(=O)[C@@H]1[C@H]2C(=O)N([C@H](CO)c3ccccc3)C(C(=O)NC(C)(C)C)C23CC[C@@]1(C)O3. The molecule has 3 N–H and O–H groups in total. The fraction of sp³-hybridized carbons (Fsp3) is 0.654. The Hall–Kier alpha value is -2.45. The number of amides is 3. The highest BCUT2D eigenvalue weighted by Crippen LogP contribution is 2.64. The van der Waals surface area contributed by atoms with E-state index in [2.05, 4.69) is 10.6 Å². The van der Waals surface area contributed by atoms with Crippen LogP contribution in [-0.2, 0) is 19.1 Å². The molecular weight excluding hydrogens is 434 g/mol. The van der Waals surface area contributed by atoms with Crippen molar-refractivity contribution in [2.45, 2.75) is 82.7 Å². The predicted octanol–water partition coefficient (Wildman–Crippen LogP) is 1.93. The number of ether oxygens (including phenoxy) is 1. The van der Waals surface area contributed by atoms with Crippen LogP contribution in [0, 0.1) is 11.8 Å². The molecule has 4 rings (SSSR count). The molecular formula is C26H37N3O5. The van der Waals surface area contributed by atoms with E-state index in [1.807, 2.05) is 65.0 Å². The van der Waals surface area contributed by atoms with Crippen LogP contribution in [0.15, 0.2) is 30.3 Å². The van der Waals surface area contributed by atoms with E-state index in [9.17, 15) is 19.5 Å². The number of likely N-dealkylation sites (tertiary alicyclic amines) is 1. The van der Waals surface area contributed by atoms with E-state index in [0.717, 1.165) is 12.0 Å². The lowest BCUT2D eigenvalue weighted by Gasteiger charge is -2.38. The van der Waals surface area contributed by atoms with Crippen molar-refractivity contribution >= 4 is 17.7 Å². The van der Waals surface area contributed by atoms with Gasteiger partial charge in [-0.05, 0) is 52.5 Å². The number of rotatable bonds is 7. The molecule has 1 aromatic rings. The van der Waals surface area contributed by atoms with Gasteiger partial charge >= 0.3 is 0 Å². The number of fused-ring (bicyclic) bond motifs is 1. The van der Waals surface area contributed by atoms with Crippen LogP contribution < -0.4 is 10.6 Å². The molecule has 0 saturated carbocycles. The molecule has 2 unspecified atom stereocenters. The van der Waals surface area contributed by atoms with Crippen molar-refractivity contribution in [3.8, 4) is 0 Å². The Labute approximate surface area is 201 Å². The monoisotopic (exact) mass is 471 g/mol. The van der Waals surface area contributed by atoms with Crippen molar-refractivity contribution in [2.24, 2.45) is 11.8 Å². The summed E-state index contributed by atoms with van der Waals surface area (Å²) < 4.78 is 6.60. The summed E-state index contributed by atoms with van der Waals surface area (Å²) in [6, 6.07) is 7.54. The van der Waals surface area contributed by atoms with Crippen LogP contribution in [0.2, 0.25) is 0 Å². The normalized spacial score (nSPS) is 33.1. The zero-order valence-electron chi connectivity index (χ0n) is 20.8. The summed E-state index contributed by atoms with van der Waals surface area (Å²) in [5.41, 5.74) is -1.72. The van der Waals surface area contributed by atoms with Gasteiger partial charge in [0, 0.05) is 12.1 Å². The smallest absolute Gasteiger partial charge is 0.246 e. The van der Waals surface area contributed by atoms with Crippen molar-refractivity contribution in [3.05, 3.63) is 35.9 Å². The Kier molecular flexibility index (Phi) is 6.27. The molecule has 0 radical (unpaired) electrons. The number of hydrogen-bond acceptors (Lipinski definition) is 5. The summed E-state index contributed by atoms with van der Waals surface area (Å²) in [5, 5.41) is 16.4. The Morgan fingerprint density at radius 2 is 1.88 bits per heavy atom. The maximum absolute atomic E-state index is 14.1. The lowest BCUT2D eigenvalue weighted by Crippen LogP contribution is -2.59. The standard InChI is InChI=1S/C26H37N3O5/c1-6-14-27-21(31)18-19-23(33)29(17(15-30)16-10-8-7-9-11-16)20(22(32)28-24(2,3)4)26(19)13-12-25(18,5)34-26/h7-11,17-20,30H,6,12-15H2,1-5H3,(H,27,31)(H,28,32)/t17-,18+,19+,20?,25-,26?/m1/s1. The first-order valence-electron chi connectivity index (χ1n) is 12.3. The van der Waals surface area contributed by atoms with E-state index in [-0.39, 0.29) is 24.3 Å². The summed E-state index contributed by atoms with van der Waals surface area (Å²) >= 11 is 0. The third-order valence-corrected chi connectivity index (χ3v) is 7.49. The van der Waals surface area contributed by atoms with Crippen LogP contribution in [0.1, 0.15) is 65.5 Å². The van der Waals surface area contributed by atoms with Crippen molar-refractivity contribution in [3.63, 3.8) is 0 Å². The average Bonchev–Trinajstić information content (AvgIpc) is 3.33. The summed E-state index contributed by atoms with van der Waals surface area (Å²) in [5.74, 6) is -2.31. The molecule has 6 atom stereocenters. The highest BCUT2D eigenvalue weighted by molar-refractivity contribution is 5.99. The zero-order valence-corrected chi connectivity index (χ0v) is 20.8. The first-order valence-corrected chi connectivity index (χ1v) is 12.3. The Morgan fingerprint density at radius 3 is 2.47 bits per heavy atom. The Balaban J connectivity index is 1.82. The second kappa shape index (κ2) is 8.64. The van der Waals surface area contributed by atoms with E-state index in [4.69, 9.17) is 4.74 Å². The molecule has 0 aliphatic carbocycles. The Bertz CT molecular complexity index is 961. The predicted molar refractivity (Wildman–Crippen MR) is 127 cm³/mol. The van der Waals surface area contributed by atoms with E-state index in [0.29, 0.717) is 19.4 Å². The average molecular weight is 472 g/mol. The van der Waals surface area contributed by atoms with Crippen LogP contribution in [0.3, 0.4) is 0 Å². The van der Waals surface area contributed by atoms with Gasteiger partial charge in [0.2, 0.25) is 17.7 Å². The molecule has 3 heterocycles. The minimum Gasteiger partial charge on any atom is -0.394 e. The van der Waals surface area contributed by atoms with E-state index in [1.54, 1.807) is 0 Å². The maximum atomic E-state index is 14.1. The highest BCUT2D eigenvalue weighted by atomic mass is 16.5. The lowest BCUT2D eigenvalue weighted by atomic mass is 9.66. The number of aliphatic hydroxyl groups excluding tert-OH is 1. The molecule has 3 aliphatic rings. The minimum atomic E-state index is -1.11. The van der Waals surface area contributed by atoms with Gasteiger partial charge in [-0.1, -0.05) is 37.3 Å². The highest BCUT2D eigenvalue weighted by Gasteiger charge is 2.78. The summed E-state index contributed by atoms with van der Waals surface area (Å²) in [6.07, 6.45) is 1.87. The fourth-order valence-electron chi connectivity index (χ4n) is 6.23. The van der Waals surface area contributed by atoms with Crippen molar-refractivity contribution < 1.29 is 24.2 Å². The van der Waals surface area contributed by atoms with Gasteiger partial charge in [0.1, 0.15) is 11.6 Å². The Morgan fingerprint density at radius 1 is 1.21 bits per heavy atom. The molecule has 186 valence electrons. The molecule has 3 saturated heterocycles. The quantitative estimate of drug-likeness (QED) is 0.563. The van der Waals surface area contributed by atoms with Crippen LogP contribution >= 0.6 is 0 Å². The van der Waals surface area contributed by atoms with Crippen molar-refractivity contribution in [2.75, 3.05) is 13.2 Å².